The summed E-state index contributed by atoms with van der Waals surface area (Å²) in [5, 5.41) is 3.59. The van der Waals surface area contributed by atoms with E-state index in [0.29, 0.717) is 23.0 Å². The van der Waals surface area contributed by atoms with Crippen molar-refractivity contribution in [3.63, 3.8) is 0 Å². The summed E-state index contributed by atoms with van der Waals surface area (Å²) in [5.74, 6) is 0.469. The molecule has 3 nitrogen and oxygen atoms in total. The van der Waals surface area contributed by atoms with Gasteiger partial charge in [0.2, 0.25) is 0 Å². The van der Waals surface area contributed by atoms with Crippen LogP contribution in [0.5, 0.6) is 0 Å². The Balaban J connectivity index is 2.06. The fraction of sp³-hybridized carbons (Fsp3) is 0.533. The summed E-state index contributed by atoms with van der Waals surface area (Å²) < 4.78 is 0. The highest BCUT2D eigenvalue weighted by molar-refractivity contribution is 6.34. The van der Waals surface area contributed by atoms with Crippen molar-refractivity contribution in [3.8, 4) is 0 Å². The van der Waals surface area contributed by atoms with Crippen LogP contribution in [0.1, 0.15) is 40.7 Å². The lowest BCUT2D eigenvalue weighted by Crippen LogP contribution is -2.33. The molecule has 0 spiro atoms. The first kappa shape index (κ1) is 14.4. The van der Waals surface area contributed by atoms with Gasteiger partial charge in [0.15, 0.2) is 0 Å². The lowest BCUT2D eigenvalue weighted by atomic mass is 10.1. The lowest BCUT2D eigenvalue weighted by molar-refractivity contribution is 0.0937. The zero-order valence-corrected chi connectivity index (χ0v) is 12.3. The Bertz CT molecular complexity index is 487. The topological polar surface area (TPSA) is 55.1 Å². The standard InChI is InChI=1S/C15H21ClN2O/c1-9-5-13(14(16)6-10(9)2)15(19)18-12-4-3-11(7-12)8-17/h5-6,11-12H,3-4,7-8,17H2,1-2H3,(H,18,19)/t11-,12+/m1/s1. The normalized spacial score (nSPS) is 22.5. The monoisotopic (exact) mass is 280 g/mol. The number of aryl methyl sites for hydroxylation is 2. The van der Waals surface area contributed by atoms with Crippen LogP contribution < -0.4 is 11.1 Å². The zero-order valence-electron chi connectivity index (χ0n) is 11.5. The summed E-state index contributed by atoms with van der Waals surface area (Å²) in [6, 6.07) is 3.95. The Hall–Kier alpha value is -1.06. The number of hydrogen-bond donors (Lipinski definition) is 2. The third-order valence-electron chi connectivity index (χ3n) is 4.04. The number of carbonyl (C=O) groups is 1. The van der Waals surface area contributed by atoms with Gasteiger partial charge in [0, 0.05) is 6.04 Å². The Morgan fingerprint density at radius 1 is 1.37 bits per heavy atom. The molecule has 3 N–H and O–H groups in total. The number of carbonyl (C=O) groups excluding carboxylic acids is 1. The molecular weight excluding hydrogens is 260 g/mol. The van der Waals surface area contributed by atoms with Crippen molar-refractivity contribution in [2.24, 2.45) is 11.7 Å². The second kappa shape index (κ2) is 5.93. The van der Waals surface area contributed by atoms with Gasteiger partial charge in [-0.25, -0.2) is 0 Å². The van der Waals surface area contributed by atoms with Crippen molar-refractivity contribution in [2.45, 2.75) is 39.2 Å². The summed E-state index contributed by atoms with van der Waals surface area (Å²) in [6.07, 6.45) is 3.09. The van der Waals surface area contributed by atoms with E-state index in [0.717, 1.165) is 30.4 Å². The maximum Gasteiger partial charge on any atom is 0.253 e. The maximum absolute atomic E-state index is 12.3. The molecular formula is C15H21ClN2O. The third-order valence-corrected chi connectivity index (χ3v) is 4.35. The number of hydrogen-bond acceptors (Lipinski definition) is 2. The number of benzene rings is 1. The van der Waals surface area contributed by atoms with Crippen LogP contribution in [-0.4, -0.2) is 18.5 Å². The molecule has 0 heterocycles. The molecule has 1 aliphatic rings. The predicted octanol–water partition coefficient (Wildman–Crippen LogP) is 2.81. The Labute approximate surface area is 119 Å². The summed E-state index contributed by atoms with van der Waals surface area (Å²) in [5.41, 5.74) is 8.42. The van der Waals surface area contributed by atoms with Crippen LogP contribution in [-0.2, 0) is 0 Å². The predicted molar refractivity (Wildman–Crippen MR) is 78.6 cm³/mol. The molecule has 1 saturated carbocycles. The minimum Gasteiger partial charge on any atom is -0.349 e. The van der Waals surface area contributed by atoms with E-state index in [1.165, 1.54) is 0 Å². The van der Waals surface area contributed by atoms with Gasteiger partial charge in [-0.3, -0.25) is 4.79 Å². The first-order valence-electron chi connectivity index (χ1n) is 6.79. The van der Waals surface area contributed by atoms with E-state index in [-0.39, 0.29) is 11.9 Å². The molecule has 0 aliphatic heterocycles. The quantitative estimate of drug-likeness (QED) is 0.894. The largest absolute Gasteiger partial charge is 0.349 e. The Morgan fingerprint density at radius 2 is 2.05 bits per heavy atom. The molecule has 1 fully saturated rings. The minimum absolute atomic E-state index is 0.0734. The van der Waals surface area contributed by atoms with Gasteiger partial charge < -0.3 is 11.1 Å². The highest BCUT2D eigenvalue weighted by atomic mass is 35.5. The van der Waals surface area contributed by atoms with E-state index in [9.17, 15) is 4.79 Å². The van der Waals surface area contributed by atoms with Gasteiger partial charge in [0.1, 0.15) is 0 Å². The molecule has 2 rings (SSSR count). The second-order valence-electron chi connectivity index (χ2n) is 5.50. The van der Waals surface area contributed by atoms with E-state index in [2.05, 4.69) is 5.32 Å². The molecule has 0 bridgehead atoms. The highest BCUT2D eigenvalue weighted by Crippen LogP contribution is 2.26. The van der Waals surface area contributed by atoms with Gasteiger partial charge in [-0.15, -0.1) is 0 Å². The summed E-state index contributed by atoms with van der Waals surface area (Å²) >= 11 is 6.16. The first-order chi connectivity index (χ1) is 9.01. The Kier molecular flexibility index (Phi) is 4.48. The van der Waals surface area contributed by atoms with Crippen molar-refractivity contribution in [3.05, 3.63) is 33.8 Å². The van der Waals surface area contributed by atoms with Gasteiger partial charge in [-0.05, 0) is 68.8 Å². The SMILES string of the molecule is Cc1cc(Cl)c(C(=O)N[C@H]2CC[C@@H](CN)C2)cc1C. The van der Waals surface area contributed by atoms with Crippen molar-refractivity contribution in [1.82, 2.24) is 5.32 Å². The molecule has 1 aromatic carbocycles. The fourth-order valence-electron chi connectivity index (χ4n) is 2.64. The van der Waals surface area contributed by atoms with Crippen molar-refractivity contribution >= 4 is 17.5 Å². The van der Waals surface area contributed by atoms with E-state index in [1.807, 2.05) is 26.0 Å². The molecule has 4 heteroatoms. The highest BCUT2D eigenvalue weighted by Gasteiger charge is 2.25. The van der Waals surface area contributed by atoms with E-state index in [1.54, 1.807) is 0 Å². The van der Waals surface area contributed by atoms with Gasteiger partial charge in [0.05, 0.1) is 10.6 Å². The molecule has 1 aromatic rings. The van der Waals surface area contributed by atoms with Gasteiger partial charge >= 0.3 is 0 Å². The van der Waals surface area contributed by atoms with Crippen LogP contribution in [0.15, 0.2) is 12.1 Å². The smallest absolute Gasteiger partial charge is 0.253 e. The van der Waals surface area contributed by atoms with E-state index < -0.39 is 0 Å². The van der Waals surface area contributed by atoms with Gasteiger partial charge in [-0.2, -0.15) is 0 Å². The zero-order chi connectivity index (χ0) is 14.0. The van der Waals surface area contributed by atoms with Gasteiger partial charge in [-0.1, -0.05) is 11.6 Å². The first-order valence-corrected chi connectivity index (χ1v) is 7.16. The van der Waals surface area contributed by atoms with Gasteiger partial charge in [0.25, 0.3) is 5.91 Å². The van der Waals surface area contributed by atoms with E-state index >= 15 is 0 Å². The fourth-order valence-corrected chi connectivity index (χ4v) is 2.94. The number of rotatable bonds is 3. The van der Waals surface area contributed by atoms with Crippen molar-refractivity contribution < 1.29 is 4.79 Å². The van der Waals surface area contributed by atoms with Crippen molar-refractivity contribution in [1.29, 1.82) is 0 Å². The number of nitrogens with two attached hydrogens (primary N) is 1. The van der Waals surface area contributed by atoms with Crippen molar-refractivity contribution in [2.75, 3.05) is 6.54 Å². The molecule has 2 atom stereocenters. The second-order valence-corrected chi connectivity index (χ2v) is 5.91. The molecule has 1 aliphatic carbocycles. The molecule has 1 amide bonds. The maximum atomic E-state index is 12.3. The number of halogens is 1. The molecule has 19 heavy (non-hydrogen) atoms. The molecule has 0 saturated heterocycles. The summed E-state index contributed by atoms with van der Waals surface area (Å²) in [4.78, 5) is 12.3. The Morgan fingerprint density at radius 3 is 2.68 bits per heavy atom. The summed E-state index contributed by atoms with van der Waals surface area (Å²) in [6.45, 7) is 4.69. The van der Waals surface area contributed by atoms with Crippen LogP contribution in [0, 0.1) is 19.8 Å². The molecule has 104 valence electrons. The average molecular weight is 281 g/mol. The van der Waals surface area contributed by atoms with Crippen LogP contribution in [0.2, 0.25) is 5.02 Å². The molecule has 0 aromatic heterocycles. The molecule has 0 radical (unpaired) electrons. The van der Waals surface area contributed by atoms with Crippen LogP contribution in [0.3, 0.4) is 0 Å². The van der Waals surface area contributed by atoms with Crippen LogP contribution >= 0.6 is 11.6 Å². The number of amides is 1. The minimum atomic E-state index is -0.0734. The molecule has 0 unspecified atom stereocenters. The summed E-state index contributed by atoms with van der Waals surface area (Å²) in [7, 11) is 0. The van der Waals surface area contributed by atoms with Crippen LogP contribution in [0.25, 0.3) is 0 Å². The van der Waals surface area contributed by atoms with Crippen LogP contribution in [0.4, 0.5) is 0 Å². The third kappa shape index (κ3) is 3.28. The van der Waals surface area contributed by atoms with E-state index in [4.69, 9.17) is 17.3 Å². The lowest BCUT2D eigenvalue weighted by Gasteiger charge is -2.14. The number of nitrogens with one attached hydrogen (secondary N) is 1. The average Bonchev–Trinajstić information content (AvgIpc) is 2.81.